The molecule has 1 N–H and O–H groups in total. The molecule has 3 rings (SSSR count). The maximum atomic E-state index is 12.2. The largest absolute Gasteiger partial charge is 0.479 e. The van der Waals surface area contributed by atoms with Gasteiger partial charge in [-0.2, -0.15) is 0 Å². The van der Waals surface area contributed by atoms with Crippen LogP contribution < -0.4 is 15.0 Å². The lowest BCUT2D eigenvalue weighted by Crippen LogP contribution is -2.42. The van der Waals surface area contributed by atoms with Crippen molar-refractivity contribution in [3.63, 3.8) is 0 Å². The van der Waals surface area contributed by atoms with Crippen LogP contribution in [0.25, 0.3) is 0 Å². The van der Waals surface area contributed by atoms with Crippen LogP contribution in [0.15, 0.2) is 42.6 Å². The molecule has 6 heteroatoms. The quantitative estimate of drug-likeness (QED) is 0.921. The monoisotopic (exact) mass is 297 g/mol. The number of pyridine rings is 1. The first-order valence-corrected chi connectivity index (χ1v) is 6.87. The lowest BCUT2D eigenvalue weighted by molar-refractivity contribution is -0.125. The SMILES string of the molecule is CC1Oc2cc(C(=O)Nc3ccccn3)ccc2N(C)C1=O. The van der Waals surface area contributed by atoms with E-state index in [1.54, 1.807) is 56.6 Å². The van der Waals surface area contributed by atoms with Crippen LogP contribution in [0.1, 0.15) is 17.3 Å². The summed E-state index contributed by atoms with van der Waals surface area (Å²) in [4.78, 5) is 29.7. The lowest BCUT2D eigenvalue weighted by Gasteiger charge is -2.30. The Morgan fingerprint density at radius 3 is 2.86 bits per heavy atom. The van der Waals surface area contributed by atoms with Gasteiger partial charge in [-0.1, -0.05) is 6.07 Å². The van der Waals surface area contributed by atoms with E-state index in [-0.39, 0.29) is 11.8 Å². The molecular formula is C16H15N3O3. The summed E-state index contributed by atoms with van der Waals surface area (Å²) in [7, 11) is 1.69. The van der Waals surface area contributed by atoms with Gasteiger partial charge < -0.3 is 15.0 Å². The van der Waals surface area contributed by atoms with Crippen molar-refractivity contribution in [2.24, 2.45) is 0 Å². The van der Waals surface area contributed by atoms with Crippen molar-refractivity contribution in [2.45, 2.75) is 13.0 Å². The second-order valence-corrected chi connectivity index (χ2v) is 5.01. The van der Waals surface area contributed by atoms with Gasteiger partial charge in [0.15, 0.2) is 6.10 Å². The molecule has 2 aromatic rings. The summed E-state index contributed by atoms with van der Waals surface area (Å²) in [5, 5.41) is 2.71. The maximum absolute atomic E-state index is 12.2. The lowest BCUT2D eigenvalue weighted by atomic mass is 10.1. The summed E-state index contributed by atoms with van der Waals surface area (Å²) < 4.78 is 5.57. The van der Waals surface area contributed by atoms with Gasteiger partial charge in [0.25, 0.3) is 11.8 Å². The number of carbonyl (C=O) groups excluding carboxylic acids is 2. The van der Waals surface area contributed by atoms with E-state index in [1.165, 1.54) is 4.90 Å². The van der Waals surface area contributed by atoms with E-state index in [0.29, 0.717) is 22.8 Å². The minimum Gasteiger partial charge on any atom is -0.479 e. The Bertz CT molecular complexity index is 731. The number of nitrogens with zero attached hydrogens (tertiary/aromatic N) is 2. The average molecular weight is 297 g/mol. The Hall–Kier alpha value is -2.89. The van der Waals surface area contributed by atoms with Gasteiger partial charge in [-0.15, -0.1) is 0 Å². The number of fused-ring (bicyclic) bond motifs is 1. The highest BCUT2D eigenvalue weighted by molar-refractivity contribution is 6.05. The van der Waals surface area contributed by atoms with Gasteiger partial charge in [0.2, 0.25) is 0 Å². The Labute approximate surface area is 127 Å². The highest BCUT2D eigenvalue weighted by Gasteiger charge is 2.29. The summed E-state index contributed by atoms with van der Waals surface area (Å²) in [6.45, 7) is 1.68. The summed E-state index contributed by atoms with van der Waals surface area (Å²) in [5.41, 5.74) is 1.09. The van der Waals surface area contributed by atoms with Crippen LogP contribution in [-0.2, 0) is 4.79 Å². The first-order valence-electron chi connectivity index (χ1n) is 6.87. The number of carbonyl (C=O) groups is 2. The van der Waals surface area contributed by atoms with Gasteiger partial charge in [0.1, 0.15) is 11.6 Å². The first-order chi connectivity index (χ1) is 10.6. The summed E-state index contributed by atoms with van der Waals surface area (Å²) in [6, 6.07) is 10.3. The molecule has 2 heterocycles. The number of likely N-dealkylation sites (N-methyl/N-ethyl adjacent to an activating group) is 1. The van der Waals surface area contributed by atoms with Crippen molar-refractivity contribution in [1.82, 2.24) is 4.98 Å². The number of ether oxygens (including phenoxy) is 1. The van der Waals surface area contributed by atoms with Crippen LogP contribution >= 0.6 is 0 Å². The van der Waals surface area contributed by atoms with Gasteiger partial charge in [-0.3, -0.25) is 9.59 Å². The van der Waals surface area contributed by atoms with Gasteiger partial charge in [0, 0.05) is 18.8 Å². The second-order valence-electron chi connectivity index (χ2n) is 5.01. The molecule has 1 unspecified atom stereocenters. The van der Waals surface area contributed by atoms with Gasteiger partial charge >= 0.3 is 0 Å². The van der Waals surface area contributed by atoms with E-state index in [1.807, 2.05) is 0 Å². The molecule has 0 fully saturated rings. The van der Waals surface area contributed by atoms with Crippen molar-refractivity contribution in [3.8, 4) is 5.75 Å². The zero-order chi connectivity index (χ0) is 15.7. The Balaban J connectivity index is 1.86. The van der Waals surface area contributed by atoms with Crippen LogP contribution in [0.5, 0.6) is 5.75 Å². The number of hydrogen-bond donors (Lipinski definition) is 1. The fraction of sp³-hybridized carbons (Fsp3) is 0.188. The van der Waals surface area contributed by atoms with Crippen molar-refractivity contribution in [1.29, 1.82) is 0 Å². The zero-order valence-corrected chi connectivity index (χ0v) is 12.2. The molecule has 0 spiro atoms. The number of rotatable bonds is 2. The molecule has 1 atom stereocenters. The van der Waals surface area contributed by atoms with E-state index in [0.717, 1.165) is 0 Å². The number of amides is 2. The minimum absolute atomic E-state index is 0.113. The number of benzene rings is 1. The van der Waals surface area contributed by atoms with E-state index in [9.17, 15) is 9.59 Å². The number of nitrogens with one attached hydrogen (secondary N) is 1. The molecule has 1 aromatic carbocycles. The van der Waals surface area contributed by atoms with Crippen molar-refractivity contribution in [3.05, 3.63) is 48.2 Å². The molecule has 1 aliphatic rings. The maximum Gasteiger partial charge on any atom is 0.267 e. The molecule has 0 saturated heterocycles. The smallest absolute Gasteiger partial charge is 0.267 e. The Morgan fingerprint density at radius 1 is 1.32 bits per heavy atom. The minimum atomic E-state index is -0.563. The predicted octanol–water partition coefficient (Wildman–Crippen LogP) is 2.08. The molecule has 0 aliphatic carbocycles. The molecule has 6 nitrogen and oxygen atoms in total. The summed E-state index contributed by atoms with van der Waals surface area (Å²) in [5.74, 6) is 0.602. The fourth-order valence-corrected chi connectivity index (χ4v) is 2.28. The number of hydrogen-bond acceptors (Lipinski definition) is 4. The van der Waals surface area contributed by atoms with Gasteiger partial charge in [0.05, 0.1) is 5.69 Å². The topological polar surface area (TPSA) is 71.5 Å². The molecule has 112 valence electrons. The molecule has 0 saturated carbocycles. The third-order valence-electron chi connectivity index (χ3n) is 3.47. The molecule has 1 aliphatic heterocycles. The third kappa shape index (κ3) is 2.50. The summed E-state index contributed by atoms with van der Waals surface area (Å²) >= 11 is 0. The third-order valence-corrected chi connectivity index (χ3v) is 3.47. The molecule has 0 bridgehead atoms. The molecule has 2 amide bonds. The standard InChI is InChI=1S/C16H15N3O3/c1-10-16(21)19(2)12-7-6-11(9-13(12)22-10)15(20)18-14-5-3-4-8-17-14/h3-10H,1-2H3,(H,17,18,20). The zero-order valence-electron chi connectivity index (χ0n) is 12.2. The molecular weight excluding hydrogens is 282 g/mol. The van der Waals surface area contributed by atoms with E-state index in [4.69, 9.17) is 4.74 Å². The van der Waals surface area contributed by atoms with E-state index < -0.39 is 6.10 Å². The van der Waals surface area contributed by atoms with Crippen LogP contribution in [0, 0.1) is 0 Å². The highest BCUT2D eigenvalue weighted by atomic mass is 16.5. The van der Waals surface area contributed by atoms with Crippen LogP contribution in [0.4, 0.5) is 11.5 Å². The van der Waals surface area contributed by atoms with Crippen LogP contribution in [0.2, 0.25) is 0 Å². The van der Waals surface area contributed by atoms with Crippen molar-refractivity contribution >= 4 is 23.3 Å². The average Bonchev–Trinajstić information content (AvgIpc) is 2.53. The Morgan fingerprint density at radius 2 is 2.14 bits per heavy atom. The predicted molar refractivity (Wildman–Crippen MR) is 82.1 cm³/mol. The molecule has 0 radical (unpaired) electrons. The highest BCUT2D eigenvalue weighted by Crippen LogP contribution is 2.34. The van der Waals surface area contributed by atoms with Crippen molar-refractivity contribution < 1.29 is 14.3 Å². The van der Waals surface area contributed by atoms with E-state index in [2.05, 4.69) is 10.3 Å². The van der Waals surface area contributed by atoms with Crippen LogP contribution in [0.3, 0.4) is 0 Å². The Kier molecular flexibility index (Phi) is 3.50. The summed E-state index contributed by atoms with van der Waals surface area (Å²) in [6.07, 6.45) is 1.04. The first kappa shape index (κ1) is 14.1. The molecule has 1 aromatic heterocycles. The normalized spacial score (nSPS) is 16.7. The second kappa shape index (κ2) is 5.48. The van der Waals surface area contributed by atoms with Gasteiger partial charge in [-0.25, -0.2) is 4.98 Å². The van der Waals surface area contributed by atoms with Crippen molar-refractivity contribution in [2.75, 3.05) is 17.3 Å². The number of anilines is 2. The van der Waals surface area contributed by atoms with Gasteiger partial charge in [-0.05, 0) is 37.3 Å². The fourth-order valence-electron chi connectivity index (χ4n) is 2.28. The van der Waals surface area contributed by atoms with E-state index >= 15 is 0 Å². The van der Waals surface area contributed by atoms with Crippen LogP contribution in [-0.4, -0.2) is 29.9 Å². The molecule has 22 heavy (non-hydrogen) atoms. The number of aromatic nitrogens is 1.